The van der Waals surface area contributed by atoms with Crippen LogP contribution in [0.15, 0.2) is 18.2 Å². The average Bonchev–Trinajstić information content (AvgIpc) is 2.45. The van der Waals surface area contributed by atoms with Crippen LogP contribution in [0.3, 0.4) is 0 Å². The molecule has 1 aliphatic carbocycles. The van der Waals surface area contributed by atoms with Gasteiger partial charge in [-0.15, -0.1) is 0 Å². The van der Waals surface area contributed by atoms with Crippen molar-refractivity contribution in [2.75, 3.05) is 7.11 Å². The molecule has 2 unspecified atom stereocenters. The molecule has 0 amide bonds. The number of aliphatic hydroxyl groups is 1. The summed E-state index contributed by atoms with van der Waals surface area (Å²) >= 11 is 0. The molecule has 0 heterocycles. The van der Waals surface area contributed by atoms with E-state index in [1.165, 1.54) is 48.8 Å². The summed E-state index contributed by atoms with van der Waals surface area (Å²) in [6.07, 6.45) is 6.57. The molecule has 1 aromatic rings. The smallest absolute Gasteiger partial charge is 0.0861 e. The first kappa shape index (κ1) is 15.5. The molecule has 0 bridgehead atoms. The standard InChI is InChI=1S/C18H28O2/c1-13-8-7-9-14(2)16(13)12-17(19)18(20-3)15-10-5-4-6-11-15/h7-9,15,17-19H,4-6,10-12H2,1-3H3. The molecule has 112 valence electrons. The number of ether oxygens (including phenoxy) is 1. The molecule has 0 aromatic heterocycles. The molecule has 20 heavy (non-hydrogen) atoms. The third kappa shape index (κ3) is 3.62. The second kappa shape index (κ2) is 7.24. The first-order valence-corrected chi connectivity index (χ1v) is 7.89. The van der Waals surface area contributed by atoms with Crippen molar-refractivity contribution in [2.24, 2.45) is 5.92 Å². The topological polar surface area (TPSA) is 29.5 Å². The molecule has 1 fully saturated rings. The van der Waals surface area contributed by atoms with Crippen molar-refractivity contribution in [3.63, 3.8) is 0 Å². The average molecular weight is 276 g/mol. The van der Waals surface area contributed by atoms with Crippen molar-refractivity contribution >= 4 is 0 Å². The van der Waals surface area contributed by atoms with E-state index in [1.54, 1.807) is 7.11 Å². The van der Waals surface area contributed by atoms with Crippen LogP contribution < -0.4 is 0 Å². The van der Waals surface area contributed by atoms with Crippen LogP contribution in [-0.2, 0) is 11.2 Å². The van der Waals surface area contributed by atoms with Crippen molar-refractivity contribution in [2.45, 2.75) is 64.6 Å². The van der Waals surface area contributed by atoms with Gasteiger partial charge >= 0.3 is 0 Å². The van der Waals surface area contributed by atoms with E-state index in [4.69, 9.17) is 4.74 Å². The summed E-state index contributed by atoms with van der Waals surface area (Å²) in [5.74, 6) is 0.521. The van der Waals surface area contributed by atoms with Gasteiger partial charge < -0.3 is 9.84 Å². The fraction of sp³-hybridized carbons (Fsp3) is 0.667. The lowest BCUT2D eigenvalue weighted by Crippen LogP contribution is -2.38. The predicted octanol–water partition coefficient (Wildman–Crippen LogP) is 3.80. The van der Waals surface area contributed by atoms with Gasteiger partial charge in [0, 0.05) is 13.5 Å². The zero-order valence-corrected chi connectivity index (χ0v) is 13.1. The van der Waals surface area contributed by atoms with Gasteiger partial charge in [0.1, 0.15) is 0 Å². The summed E-state index contributed by atoms with van der Waals surface area (Å²) in [6, 6.07) is 6.32. The molecule has 1 aliphatic rings. The van der Waals surface area contributed by atoms with E-state index < -0.39 is 6.10 Å². The second-order valence-electron chi connectivity index (χ2n) is 6.24. The summed E-state index contributed by atoms with van der Waals surface area (Å²) in [6.45, 7) is 4.24. The Balaban J connectivity index is 2.06. The van der Waals surface area contributed by atoms with Crippen molar-refractivity contribution in [3.8, 4) is 0 Å². The minimum absolute atomic E-state index is 0.0192. The van der Waals surface area contributed by atoms with Crippen molar-refractivity contribution in [1.82, 2.24) is 0 Å². The Labute approximate surface area is 123 Å². The van der Waals surface area contributed by atoms with Crippen LogP contribution in [-0.4, -0.2) is 24.4 Å². The van der Waals surface area contributed by atoms with Gasteiger partial charge in [0.2, 0.25) is 0 Å². The molecule has 1 aromatic carbocycles. The van der Waals surface area contributed by atoms with Gasteiger partial charge in [0.15, 0.2) is 0 Å². The second-order valence-corrected chi connectivity index (χ2v) is 6.24. The number of hydrogen-bond donors (Lipinski definition) is 1. The predicted molar refractivity (Wildman–Crippen MR) is 83.0 cm³/mol. The molecule has 0 radical (unpaired) electrons. The molecule has 0 saturated heterocycles. The Morgan fingerprint density at radius 2 is 1.75 bits per heavy atom. The van der Waals surface area contributed by atoms with Crippen LogP contribution in [0.25, 0.3) is 0 Å². The highest BCUT2D eigenvalue weighted by Gasteiger charge is 2.30. The molecule has 1 saturated carbocycles. The van der Waals surface area contributed by atoms with Gasteiger partial charge in [0.05, 0.1) is 12.2 Å². The maximum absolute atomic E-state index is 10.6. The lowest BCUT2D eigenvalue weighted by atomic mass is 9.81. The zero-order valence-electron chi connectivity index (χ0n) is 13.1. The van der Waals surface area contributed by atoms with Gasteiger partial charge in [-0.3, -0.25) is 0 Å². The van der Waals surface area contributed by atoms with E-state index in [-0.39, 0.29) is 6.10 Å². The van der Waals surface area contributed by atoms with Crippen LogP contribution in [0.5, 0.6) is 0 Å². The van der Waals surface area contributed by atoms with E-state index in [0.717, 1.165) is 0 Å². The van der Waals surface area contributed by atoms with E-state index in [9.17, 15) is 5.11 Å². The number of methoxy groups -OCH3 is 1. The highest BCUT2D eigenvalue weighted by molar-refractivity contribution is 5.34. The highest BCUT2D eigenvalue weighted by Crippen LogP contribution is 2.30. The molecular formula is C18H28O2. The van der Waals surface area contributed by atoms with Gasteiger partial charge in [-0.05, 0) is 49.3 Å². The minimum Gasteiger partial charge on any atom is -0.390 e. The normalized spacial score (nSPS) is 19.8. The van der Waals surface area contributed by atoms with Crippen molar-refractivity contribution in [1.29, 1.82) is 0 Å². The van der Waals surface area contributed by atoms with E-state index in [1.807, 2.05) is 0 Å². The Kier molecular flexibility index (Phi) is 5.62. The largest absolute Gasteiger partial charge is 0.390 e. The fourth-order valence-electron chi connectivity index (χ4n) is 3.62. The molecule has 2 rings (SSSR count). The third-order valence-electron chi connectivity index (χ3n) is 4.82. The summed E-state index contributed by atoms with van der Waals surface area (Å²) in [5.41, 5.74) is 3.81. The third-order valence-corrected chi connectivity index (χ3v) is 4.82. The Bertz CT molecular complexity index is 401. The highest BCUT2D eigenvalue weighted by atomic mass is 16.5. The van der Waals surface area contributed by atoms with E-state index in [2.05, 4.69) is 32.0 Å². The molecule has 2 heteroatoms. The number of benzene rings is 1. The van der Waals surface area contributed by atoms with Crippen LogP contribution in [0.1, 0.15) is 48.8 Å². The zero-order chi connectivity index (χ0) is 14.5. The lowest BCUT2D eigenvalue weighted by Gasteiger charge is -2.33. The Morgan fingerprint density at radius 3 is 2.30 bits per heavy atom. The molecule has 2 nitrogen and oxygen atoms in total. The van der Waals surface area contributed by atoms with Gasteiger partial charge in [-0.1, -0.05) is 37.5 Å². The maximum atomic E-state index is 10.6. The quantitative estimate of drug-likeness (QED) is 0.886. The van der Waals surface area contributed by atoms with Gasteiger partial charge in [-0.25, -0.2) is 0 Å². The van der Waals surface area contributed by atoms with Crippen molar-refractivity contribution < 1.29 is 9.84 Å². The summed E-state index contributed by atoms with van der Waals surface area (Å²) in [5, 5.41) is 10.6. The summed E-state index contributed by atoms with van der Waals surface area (Å²) < 4.78 is 5.65. The fourth-order valence-corrected chi connectivity index (χ4v) is 3.62. The van der Waals surface area contributed by atoms with Crippen LogP contribution >= 0.6 is 0 Å². The number of aryl methyl sites for hydroxylation is 2. The molecule has 1 N–H and O–H groups in total. The summed E-state index contributed by atoms with van der Waals surface area (Å²) in [4.78, 5) is 0. The minimum atomic E-state index is -0.400. The van der Waals surface area contributed by atoms with Crippen LogP contribution in [0.2, 0.25) is 0 Å². The lowest BCUT2D eigenvalue weighted by molar-refractivity contribution is -0.0536. The van der Waals surface area contributed by atoms with E-state index in [0.29, 0.717) is 12.3 Å². The SMILES string of the molecule is COC(C(O)Cc1c(C)cccc1C)C1CCCCC1. The number of rotatable bonds is 5. The maximum Gasteiger partial charge on any atom is 0.0861 e. The molecule has 0 spiro atoms. The summed E-state index contributed by atoms with van der Waals surface area (Å²) in [7, 11) is 1.74. The van der Waals surface area contributed by atoms with E-state index >= 15 is 0 Å². The van der Waals surface area contributed by atoms with Gasteiger partial charge in [-0.2, -0.15) is 0 Å². The van der Waals surface area contributed by atoms with Crippen LogP contribution in [0.4, 0.5) is 0 Å². The van der Waals surface area contributed by atoms with Crippen LogP contribution in [0, 0.1) is 19.8 Å². The molecule has 2 atom stereocenters. The number of aliphatic hydroxyl groups excluding tert-OH is 1. The monoisotopic (exact) mass is 276 g/mol. The first-order valence-electron chi connectivity index (χ1n) is 7.89. The molecule has 0 aliphatic heterocycles. The Morgan fingerprint density at radius 1 is 1.15 bits per heavy atom. The Hall–Kier alpha value is -0.860. The molecular weight excluding hydrogens is 248 g/mol. The first-order chi connectivity index (χ1) is 9.63. The number of hydrogen-bond acceptors (Lipinski definition) is 2. The van der Waals surface area contributed by atoms with Gasteiger partial charge in [0.25, 0.3) is 0 Å². The van der Waals surface area contributed by atoms with Crippen molar-refractivity contribution in [3.05, 3.63) is 34.9 Å².